The number of carbonyl (C=O) groups is 1. The van der Waals surface area contributed by atoms with E-state index in [2.05, 4.69) is 9.84 Å². The van der Waals surface area contributed by atoms with E-state index in [9.17, 15) is 4.79 Å². The predicted octanol–water partition coefficient (Wildman–Crippen LogP) is 1.71. The first-order valence-corrected chi connectivity index (χ1v) is 6.32. The summed E-state index contributed by atoms with van der Waals surface area (Å²) in [5.41, 5.74) is 6.08. The van der Waals surface area contributed by atoms with E-state index >= 15 is 0 Å². The maximum absolute atomic E-state index is 11.5. The van der Waals surface area contributed by atoms with Crippen molar-refractivity contribution in [3.05, 3.63) is 30.5 Å². The molecule has 2 rings (SSSR count). The summed E-state index contributed by atoms with van der Waals surface area (Å²) in [5.74, 6) is -0.377. The normalized spacial score (nSPS) is 14.3. The molecule has 2 aromatic rings. The van der Waals surface area contributed by atoms with Gasteiger partial charge in [0, 0.05) is 11.9 Å². The zero-order valence-electron chi connectivity index (χ0n) is 11.3. The quantitative estimate of drug-likeness (QED) is 0.832. The highest BCUT2D eigenvalue weighted by Gasteiger charge is 2.28. The summed E-state index contributed by atoms with van der Waals surface area (Å²) in [5, 5.41) is 5.46. The average molecular weight is 261 g/mol. The van der Waals surface area contributed by atoms with Crippen molar-refractivity contribution in [2.75, 3.05) is 7.11 Å². The van der Waals surface area contributed by atoms with Crippen LogP contribution >= 0.6 is 0 Å². The number of nitrogens with two attached hydrogens (primary N) is 1. The molecule has 102 valence electrons. The van der Waals surface area contributed by atoms with Crippen molar-refractivity contribution in [3.63, 3.8) is 0 Å². The number of rotatable bonds is 5. The molecule has 1 atom stereocenters. The molecule has 19 heavy (non-hydrogen) atoms. The minimum atomic E-state index is -0.933. The van der Waals surface area contributed by atoms with Crippen LogP contribution in [0.1, 0.15) is 19.8 Å². The number of hydrogen-bond donors (Lipinski definition) is 1. The molecule has 0 amide bonds. The zero-order chi connectivity index (χ0) is 13.9. The summed E-state index contributed by atoms with van der Waals surface area (Å²) >= 11 is 0. The zero-order valence-corrected chi connectivity index (χ0v) is 11.3. The van der Waals surface area contributed by atoms with Crippen LogP contribution in [0.15, 0.2) is 30.5 Å². The Morgan fingerprint density at radius 3 is 2.95 bits per heavy atom. The Labute approximate surface area is 112 Å². The van der Waals surface area contributed by atoms with E-state index in [1.54, 1.807) is 6.92 Å². The van der Waals surface area contributed by atoms with Crippen molar-refractivity contribution in [3.8, 4) is 0 Å². The number of ether oxygens (including phenoxy) is 1. The van der Waals surface area contributed by atoms with Gasteiger partial charge >= 0.3 is 5.97 Å². The van der Waals surface area contributed by atoms with Gasteiger partial charge < -0.3 is 10.5 Å². The van der Waals surface area contributed by atoms with E-state index in [-0.39, 0.29) is 5.97 Å². The molecular formula is C14H19N3O2. The van der Waals surface area contributed by atoms with Crippen LogP contribution in [-0.2, 0) is 16.1 Å². The number of para-hydroxylation sites is 1. The van der Waals surface area contributed by atoms with Crippen LogP contribution in [0.3, 0.4) is 0 Å². The first kappa shape index (κ1) is 13.5. The van der Waals surface area contributed by atoms with Gasteiger partial charge in [-0.3, -0.25) is 9.48 Å². The first-order valence-electron chi connectivity index (χ1n) is 6.32. The number of esters is 1. The first-order chi connectivity index (χ1) is 9.04. The Balaban J connectivity index is 1.98. The Hall–Kier alpha value is -1.88. The third kappa shape index (κ3) is 2.93. The van der Waals surface area contributed by atoms with Crippen molar-refractivity contribution >= 4 is 16.9 Å². The Morgan fingerprint density at radius 2 is 2.21 bits per heavy atom. The Morgan fingerprint density at radius 1 is 1.47 bits per heavy atom. The standard InChI is InChI=1S/C14H19N3O2/c1-14(15,13(18)19-2)8-5-9-17-12-7-4-3-6-11(12)10-16-17/h3-4,6-7,10H,5,8-9,15H2,1-2H3. The largest absolute Gasteiger partial charge is 0.468 e. The number of aromatic nitrogens is 2. The second-order valence-corrected chi connectivity index (χ2v) is 4.94. The van der Waals surface area contributed by atoms with E-state index in [0.717, 1.165) is 23.9 Å². The summed E-state index contributed by atoms with van der Waals surface area (Å²) in [6.07, 6.45) is 3.18. The third-order valence-electron chi connectivity index (χ3n) is 3.27. The van der Waals surface area contributed by atoms with E-state index in [1.807, 2.05) is 35.1 Å². The maximum atomic E-state index is 11.5. The molecule has 2 N–H and O–H groups in total. The highest BCUT2D eigenvalue weighted by atomic mass is 16.5. The van der Waals surface area contributed by atoms with Gasteiger partial charge in [-0.2, -0.15) is 5.10 Å². The fourth-order valence-electron chi connectivity index (χ4n) is 2.14. The van der Waals surface area contributed by atoms with Crippen LogP contribution in [0.4, 0.5) is 0 Å². The number of nitrogens with zero attached hydrogens (tertiary/aromatic N) is 2. The second-order valence-electron chi connectivity index (χ2n) is 4.94. The van der Waals surface area contributed by atoms with E-state index in [1.165, 1.54) is 7.11 Å². The lowest BCUT2D eigenvalue weighted by atomic mass is 9.97. The lowest BCUT2D eigenvalue weighted by Gasteiger charge is -2.21. The number of benzene rings is 1. The summed E-state index contributed by atoms with van der Waals surface area (Å²) in [4.78, 5) is 11.5. The lowest BCUT2D eigenvalue weighted by molar-refractivity contribution is -0.146. The minimum Gasteiger partial charge on any atom is -0.468 e. The minimum absolute atomic E-state index is 0.377. The predicted molar refractivity (Wildman–Crippen MR) is 73.6 cm³/mol. The van der Waals surface area contributed by atoms with Gasteiger partial charge in [0.2, 0.25) is 0 Å². The Kier molecular flexibility index (Phi) is 3.85. The van der Waals surface area contributed by atoms with Gasteiger partial charge in [-0.25, -0.2) is 0 Å². The molecule has 0 aliphatic heterocycles. The maximum Gasteiger partial charge on any atom is 0.325 e. The van der Waals surface area contributed by atoms with Gasteiger partial charge in [0.05, 0.1) is 18.8 Å². The summed E-state index contributed by atoms with van der Waals surface area (Å²) in [7, 11) is 1.36. The van der Waals surface area contributed by atoms with Crippen molar-refractivity contribution in [2.45, 2.75) is 31.8 Å². The van der Waals surface area contributed by atoms with Crippen molar-refractivity contribution in [1.29, 1.82) is 0 Å². The molecule has 5 heteroatoms. The van der Waals surface area contributed by atoms with Gasteiger partial charge in [0.15, 0.2) is 0 Å². The van der Waals surface area contributed by atoms with Gasteiger partial charge in [-0.05, 0) is 25.8 Å². The SMILES string of the molecule is COC(=O)C(C)(N)CCCn1ncc2ccccc21. The van der Waals surface area contributed by atoms with Crippen molar-refractivity contribution < 1.29 is 9.53 Å². The molecular weight excluding hydrogens is 242 g/mol. The molecule has 0 aliphatic rings. The van der Waals surface area contributed by atoms with Crippen molar-refractivity contribution in [1.82, 2.24) is 9.78 Å². The average Bonchev–Trinajstić information content (AvgIpc) is 2.81. The third-order valence-corrected chi connectivity index (χ3v) is 3.27. The van der Waals surface area contributed by atoms with Gasteiger partial charge in [-0.15, -0.1) is 0 Å². The van der Waals surface area contributed by atoms with Gasteiger partial charge in [0.1, 0.15) is 5.54 Å². The van der Waals surface area contributed by atoms with Crippen LogP contribution in [0, 0.1) is 0 Å². The molecule has 0 saturated heterocycles. The fraction of sp³-hybridized carbons (Fsp3) is 0.429. The van der Waals surface area contributed by atoms with Crippen molar-refractivity contribution in [2.24, 2.45) is 5.73 Å². The number of aryl methyl sites for hydroxylation is 1. The van der Waals surface area contributed by atoms with Gasteiger partial charge in [0.25, 0.3) is 0 Å². The molecule has 1 heterocycles. The second kappa shape index (κ2) is 5.40. The molecule has 1 aromatic carbocycles. The number of carbonyl (C=O) groups excluding carboxylic acids is 1. The van der Waals surface area contributed by atoms with Gasteiger partial charge in [-0.1, -0.05) is 18.2 Å². The molecule has 0 spiro atoms. The highest BCUT2D eigenvalue weighted by molar-refractivity contribution is 5.80. The molecule has 0 fully saturated rings. The van der Waals surface area contributed by atoms with E-state index in [0.29, 0.717) is 6.42 Å². The Bertz CT molecular complexity index is 575. The summed E-state index contributed by atoms with van der Waals surface area (Å²) in [6, 6.07) is 8.04. The van der Waals surface area contributed by atoms with Crippen LogP contribution in [0.2, 0.25) is 0 Å². The summed E-state index contributed by atoms with van der Waals surface area (Å²) < 4.78 is 6.62. The number of hydrogen-bond acceptors (Lipinski definition) is 4. The monoisotopic (exact) mass is 261 g/mol. The number of methoxy groups -OCH3 is 1. The van der Waals surface area contributed by atoms with E-state index in [4.69, 9.17) is 5.73 Å². The van der Waals surface area contributed by atoms with Crippen LogP contribution in [0.25, 0.3) is 10.9 Å². The van der Waals surface area contributed by atoms with Crippen LogP contribution in [-0.4, -0.2) is 28.4 Å². The lowest BCUT2D eigenvalue weighted by Crippen LogP contribution is -2.45. The molecule has 5 nitrogen and oxygen atoms in total. The summed E-state index contributed by atoms with van der Waals surface area (Å²) in [6.45, 7) is 2.43. The topological polar surface area (TPSA) is 70.1 Å². The molecule has 0 bridgehead atoms. The van der Waals surface area contributed by atoms with E-state index < -0.39 is 5.54 Å². The van der Waals surface area contributed by atoms with Crippen LogP contribution in [0.5, 0.6) is 0 Å². The highest BCUT2D eigenvalue weighted by Crippen LogP contribution is 2.16. The number of fused-ring (bicyclic) bond motifs is 1. The smallest absolute Gasteiger partial charge is 0.325 e. The molecule has 1 unspecified atom stereocenters. The molecule has 0 saturated carbocycles. The molecule has 0 aliphatic carbocycles. The van der Waals surface area contributed by atoms with Crippen LogP contribution < -0.4 is 5.73 Å². The molecule has 1 aromatic heterocycles. The molecule has 0 radical (unpaired) electrons. The fourth-order valence-corrected chi connectivity index (χ4v) is 2.14.